The predicted molar refractivity (Wildman–Crippen MR) is 106 cm³/mol. The molecule has 1 atom stereocenters. The Morgan fingerprint density at radius 1 is 1.30 bits per heavy atom. The van der Waals surface area contributed by atoms with Crippen LogP contribution in [0.5, 0.6) is 5.75 Å². The third-order valence-corrected chi connectivity index (χ3v) is 5.37. The predicted octanol–water partition coefficient (Wildman–Crippen LogP) is 1.54. The quantitative estimate of drug-likeness (QED) is 0.604. The summed E-state index contributed by atoms with van der Waals surface area (Å²) < 4.78 is 10.8. The molecule has 0 aliphatic heterocycles. The molecule has 3 rings (SSSR count). The summed E-state index contributed by atoms with van der Waals surface area (Å²) in [4.78, 5) is 26.2. The molecule has 0 spiro atoms. The van der Waals surface area contributed by atoms with Crippen molar-refractivity contribution in [3.63, 3.8) is 0 Å². The standard InChI is InChI=1S/C20H22N2O4S/c1-13-9-20(24)26-17-10-14(6-7-15(13)17)25-12-19(23)21-11-16(22(2)3)18-5-4-8-27-18/h4-10,16H,11-12H2,1-3H3,(H,21,23)/p+1/t16-/m0/s1. The Balaban J connectivity index is 1.59. The molecule has 7 heteroatoms. The molecule has 142 valence electrons. The molecule has 0 saturated carbocycles. The maximum absolute atomic E-state index is 12.2. The highest BCUT2D eigenvalue weighted by atomic mass is 32.1. The Hall–Kier alpha value is -2.64. The second-order valence-corrected chi connectivity index (χ2v) is 7.62. The number of hydrogen-bond acceptors (Lipinski definition) is 5. The van der Waals surface area contributed by atoms with E-state index in [4.69, 9.17) is 9.15 Å². The zero-order valence-corrected chi connectivity index (χ0v) is 16.4. The highest BCUT2D eigenvalue weighted by molar-refractivity contribution is 7.10. The van der Waals surface area contributed by atoms with Crippen LogP contribution in [0.1, 0.15) is 16.5 Å². The van der Waals surface area contributed by atoms with Gasteiger partial charge in [0.05, 0.1) is 25.5 Å². The number of rotatable bonds is 7. The molecule has 0 unspecified atom stereocenters. The summed E-state index contributed by atoms with van der Waals surface area (Å²) in [5, 5.41) is 5.81. The summed E-state index contributed by atoms with van der Waals surface area (Å²) in [6.45, 7) is 2.29. The summed E-state index contributed by atoms with van der Waals surface area (Å²) in [5.74, 6) is 0.294. The number of thiophene rings is 1. The van der Waals surface area contributed by atoms with Gasteiger partial charge in [-0.3, -0.25) is 4.79 Å². The summed E-state index contributed by atoms with van der Waals surface area (Å²) >= 11 is 1.69. The van der Waals surface area contributed by atoms with E-state index in [-0.39, 0.29) is 18.6 Å². The number of ether oxygens (including phenoxy) is 1. The van der Waals surface area contributed by atoms with Crippen molar-refractivity contribution in [1.82, 2.24) is 5.32 Å². The van der Waals surface area contributed by atoms with Crippen LogP contribution in [0.15, 0.2) is 51.0 Å². The van der Waals surface area contributed by atoms with Gasteiger partial charge in [-0.05, 0) is 36.1 Å². The zero-order chi connectivity index (χ0) is 19.4. The number of fused-ring (bicyclic) bond motifs is 1. The highest BCUT2D eigenvalue weighted by Crippen LogP contribution is 2.22. The van der Waals surface area contributed by atoms with Gasteiger partial charge in [-0.1, -0.05) is 6.07 Å². The molecule has 0 saturated heterocycles. The van der Waals surface area contributed by atoms with Crippen molar-refractivity contribution in [1.29, 1.82) is 0 Å². The van der Waals surface area contributed by atoms with E-state index in [0.717, 1.165) is 10.9 Å². The van der Waals surface area contributed by atoms with Crippen LogP contribution in [0.25, 0.3) is 11.0 Å². The molecule has 1 aromatic carbocycles. The van der Waals surface area contributed by atoms with Crippen molar-refractivity contribution in [2.45, 2.75) is 13.0 Å². The Bertz CT molecular complexity index is 979. The fourth-order valence-corrected chi connectivity index (χ4v) is 3.84. The third kappa shape index (κ3) is 4.75. The maximum atomic E-state index is 12.2. The lowest BCUT2D eigenvalue weighted by molar-refractivity contribution is -0.890. The van der Waals surface area contributed by atoms with Crippen molar-refractivity contribution in [2.24, 2.45) is 0 Å². The van der Waals surface area contributed by atoms with Crippen molar-refractivity contribution in [3.8, 4) is 5.75 Å². The number of benzene rings is 1. The van der Waals surface area contributed by atoms with Gasteiger partial charge in [-0.25, -0.2) is 4.79 Å². The van der Waals surface area contributed by atoms with E-state index in [1.165, 1.54) is 15.8 Å². The Morgan fingerprint density at radius 3 is 2.81 bits per heavy atom. The highest BCUT2D eigenvalue weighted by Gasteiger charge is 2.19. The van der Waals surface area contributed by atoms with E-state index in [9.17, 15) is 9.59 Å². The average Bonchev–Trinajstić information content (AvgIpc) is 3.13. The minimum absolute atomic E-state index is 0.0958. The Morgan fingerprint density at radius 2 is 2.11 bits per heavy atom. The molecule has 0 fully saturated rings. The number of nitrogens with one attached hydrogen (secondary N) is 2. The van der Waals surface area contributed by atoms with Gasteiger partial charge in [-0.2, -0.15) is 0 Å². The van der Waals surface area contributed by atoms with E-state index >= 15 is 0 Å². The normalized spacial score (nSPS) is 12.3. The van der Waals surface area contributed by atoms with E-state index in [1.807, 2.05) is 24.4 Å². The van der Waals surface area contributed by atoms with Gasteiger partial charge in [0.1, 0.15) is 17.4 Å². The minimum Gasteiger partial charge on any atom is -0.484 e. The van der Waals surface area contributed by atoms with Crippen LogP contribution in [0.4, 0.5) is 0 Å². The van der Waals surface area contributed by atoms with Crippen molar-refractivity contribution in [2.75, 3.05) is 27.2 Å². The number of amides is 1. The van der Waals surface area contributed by atoms with Crippen LogP contribution in [-0.4, -0.2) is 33.2 Å². The molecule has 27 heavy (non-hydrogen) atoms. The number of carbonyl (C=O) groups excluding carboxylic acids is 1. The molecular formula is C20H23N2O4S+. The van der Waals surface area contributed by atoms with Gasteiger partial charge in [0.2, 0.25) is 0 Å². The fourth-order valence-electron chi connectivity index (χ4n) is 2.89. The first-order valence-electron chi connectivity index (χ1n) is 8.71. The second-order valence-electron chi connectivity index (χ2n) is 6.64. The number of likely N-dealkylation sites (N-methyl/N-ethyl adjacent to an activating group) is 1. The Kier molecular flexibility index (Phi) is 5.93. The van der Waals surface area contributed by atoms with Gasteiger partial charge >= 0.3 is 5.63 Å². The van der Waals surface area contributed by atoms with Crippen LogP contribution < -0.4 is 20.6 Å². The second kappa shape index (κ2) is 8.37. The van der Waals surface area contributed by atoms with Crippen molar-refractivity contribution in [3.05, 3.63) is 62.6 Å². The van der Waals surface area contributed by atoms with Gasteiger partial charge in [0.15, 0.2) is 6.61 Å². The topological polar surface area (TPSA) is 73.0 Å². The fraction of sp³-hybridized carbons (Fsp3) is 0.300. The van der Waals surface area contributed by atoms with Gasteiger partial charge in [-0.15, -0.1) is 11.3 Å². The van der Waals surface area contributed by atoms with Crippen LogP contribution in [0.2, 0.25) is 0 Å². The maximum Gasteiger partial charge on any atom is 0.336 e. The van der Waals surface area contributed by atoms with Gasteiger partial charge in [0.25, 0.3) is 5.91 Å². The summed E-state index contributed by atoms with van der Waals surface area (Å²) in [5.41, 5.74) is 0.893. The molecule has 2 heterocycles. The third-order valence-electron chi connectivity index (χ3n) is 4.38. The summed E-state index contributed by atoms with van der Waals surface area (Å²) in [6, 6.07) is 11.0. The SMILES string of the molecule is Cc1cc(=O)oc2cc(OCC(=O)NC[C@@H](c3cccs3)[NH+](C)C)ccc12. The van der Waals surface area contributed by atoms with Crippen molar-refractivity contribution < 1.29 is 18.8 Å². The largest absolute Gasteiger partial charge is 0.484 e. The molecule has 0 radical (unpaired) electrons. The first-order valence-corrected chi connectivity index (χ1v) is 9.59. The molecule has 2 aromatic heterocycles. The number of carbonyl (C=O) groups is 1. The van der Waals surface area contributed by atoms with Crippen LogP contribution in [-0.2, 0) is 4.79 Å². The average molecular weight is 387 g/mol. The lowest BCUT2D eigenvalue weighted by Crippen LogP contribution is -3.06. The van der Waals surface area contributed by atoms with Crippen molar-refractivity contribution >= 4 is 28.2 Å². The zero-order valence-electron chi connectivity index (χ0n) is 15.6. The Labute approximate surface area is 161 Å². The monoisotopic (exact) mass is 387 g/mol. The van der Waals surface area contributed by atoms with E-state index in [2.05, 4.69) is 25.5 Å². The van der Waals surface area contributed by atoms with Gasteiger partial charge in [0, 0.05) is 17.5 Å². The lowest BCUT2D eigenvalue weighted by Gasteiger charge is -2.20. The van der Waals surface area contributed by atoms with Gasteiger partial charge < -0.3 is 19.4 Å². The number of hydrogen-bond donors (Lipinski definition) is 2. The lowest BCUT2D eigenvalue weighted by atomic mass is 10.1. The smallest absolute Gasteiger partial charge is 0.336 e. The molecular weight excluding hydrogens is 364 g/mol. The van der Waals surface area contributed by atoms with Crippen LogP contribution in [0, 0.1) is 6.92 Å². The van der Waals surface area contributed by atoms with E-state index < -0.39 is 5.63 Å². The summed E-state index contributed by atoms with van der Waals surface area (Å²) in [7, 11) is 4.13. The minimum atomic E-state index is -0.402. The van der Waals surface area contributed by atoms with E-state index in [1.54, 1.807) is 23.5 Å². The molecule has 3 aromatic rings. The van der Waals surface area contributed by atoms with E-state index in [0.29, 0.717) is 17.9 Å². The number of quaternary nitrogens is 1. The molecule has 2 N–H and O–H groups in total. The van der Waals surface area contributed by atoms with Crippen LogP contribution in [0.3, 0.4) is 0 Å². The first-order chi connectivity index (χ1) is 12.9. The molecule has 0 bridgehead atoms. The summed E-state index contributed by atoms with van der Waals surface area (Å²) in [6.07, 6.45) is 0. The molecule has 0 aliphatic rings. The molecule has 1 amide bonds. The molecule has 0 aliphatic carbocycles. The molecule has 6 nitrogen and oxygen atoms in total. The van der Waals surface area contributed by atoms with Crippen LogP contribution >= 0.6 is 11.3 Å². The number of aryl methyl sites for hydroxylation is 1. The first kappa shape index (κ1) is 19.1.